The Hall–Kier alpha value is -0.920. The maximum atomic E-state index is 11.8. The Bertz CT molecular complexity index is 488. The van der Waals surface area contributed by atoms with Crippen LogP contribution >= 0.6 is 31.9 Å². The summed E-state index contributed by atoms with van der Waals surface area (Å²) < 4.78 is 1.38. The summed E-state index contributed by atoms with van der Waals surface area (Å²) in [4.78, 5) is 22.5. The number of carbonyl (C=O) groups is 2. The summed E-state index contributed by atoms with van der Waals surface area (Å²) in [6.07, 6.45) is 0. The summed E-state index contributed by atoms with van der Waals surface area (Å²) in [5.74, 6) is -1.85. The number of hydrogen-bond donors (Lipinski definition) is 3. The van der Waals surface area contributed by atoms with Crippen LogP contribution < -0.4 is 5.32 Å². The van der Waals surface area contributed by atoms with E-state index in [0.717, 1.165) is 11.4 Å². The lowest BCUT2D eigenvalue weighted by molar-refractivity contribution is -0.155. The van der Waals surface area contributed by atoms with E-state index in [0.29, 0.717) is 10.0 Å². The topological polar surface area (TPSA) is 86.6 Å². The second kappa shape index (κ2) is 5.81. The number of hydrogen-bond acceptors (Lipinski definition) is 3. The fourth-order valence-electron chi connectivity index (χ4n) is 1.10. The molecule has 7 heteroatoms. The number of rotatable bonds is 4. The molecule has 0 aliphatic rings. The SMILES string of the molecule is CC(O)(CNC(=O)c1ccc(Br)cc1Br)C(=O)O. The van der Waals surface area contributed by atoms with E-state index in [1.165, 1.54) is 0 Å². The van der Waals surface area contributed by atoms with Gasteiger partial charge in [0.15, 0.2) is 5.60 Å². The molecule has 0 saturated heterocycles. The second-order valence-corrected chi connectivity index (χ2v) is 5.66. The van der Waals surface area contributed by atoms with E-state index in [2.05, 4.69) is 37.2 Å². The Labute approximate surface area is 120 Å². The summed E-state index contributed by atoms with van der Waals surface area (Å²) >= 11 is 6.48. The first-order chi connectivity index (χ1) is 8.24. The molecular weight excluding hydrogens is 370 g/mol. The molecule has 18 heavy (non-hydrogen) atoms. The zero-order valence-electron chi connectivity index (χ0n) is 9.41. The Kier molecular flexibility index (Phi) is 4.89. The molecule has 1 unspecified atom stereocenters. The maximum Gasteiger partial charge on any atom is 0.337 e. The monoisotopic (exact) mass is 379 g/mol. The van der Waals surface area contributed by atoms with Crippen molar-refractivity contribution in [2.45, 2.75) is 12.5 Å². The number of carboxylic acids is 1. The minimum Gasteiger partial charge on any atom is -0.479 e. The summed E-state index contributed by atoms with van der Waals surface area (Å²) in [5.41, 5.74) is -1.63. The first kappa shape index (κ1) is 15.1. The molecule has 1 aromatic carbocycles. The average Bonchev–Trinajstić information content (AvgIpc) is 2.25. The molecule has 0 bridgehead atoms. The molecule has 98 valence electrons. The predicted octanol–water partition coefficient (Wildman–Crippen LogP) is 1.78. The van der Waals surface area contributed by atoms with Crippen molar-refractivity contribution in [1.82, 2.24) is 5.32 Å². The molecule has 0 radical (unpaired) electrons. The van der Waals surface area contributed by atoms with E-state index < -0.39 is 17.5 Å². The van der Waals surface area contributed by atoms with Crippen molar-refractivity contribution in [3.8, 4) is 0 Å². The third kappa shape index (κ3) is 3.79. The first-order valence-electron chi connectivity index (χ1n) is 4.93. The van der Waals surface area contributed by atoms with Gasteiger partial charge in [0.2, 0.25) is 0 Å². The molecule has 0 saturated carbocycles. The van der Waals surface area contributed by atoms with Gasteiger partial charge in [-0.15, -0.1) is 0 Å². The van der Waals surface area contributed by atoms with Crippen LogP contribution in [-0.4, -0.2) is 34.2 Å². The lowest BCUT2D eigenvalue weighted by Gasteiger charge is -2.18. The van der Waals surface area contributed by atoms with Crippen LogP contribution in [0.25, 0.3) is 0 Å². The fourth-order valence-corrected chi connectivity index (χ4v) is 2.32. The molecule has 0 fully saturated rings. The van der Waals surface area contributed by atoms with Crippen molar-refractivity contribution in [2.24, 2.45) is 0 Å². The minimum atomic E-state index is -1.99. The standard InChI is InChI=1S/C11H11Br2NO4/c1-11(18,10(16)17)5-14-9(15)7-3-2-6(12)4-8(7)13/h2-4,18H,5H2,1H3,(H,14,15)(H,16,17). The second-order valence-electron chi connectivity index (χ2n) is 3.89. The highest BCUT2D eigenvalue weighted by Gasteiger charge is 2.30. The van der Waals surface area contributed by atoms with Crippen molar-refractivity contribution in [1.29, 1.82) is 0 Å². The lowest BCUT2D eigenvalue weighted by atomic mass is 10.1. The lowest BCUT2D eigenvalue weighted by Crippen LogP contribution is -2.46. The van der Waals surface area contributed by atoms with E-state index in [1.807, 2.05) is 0 Å². The average molecular weight is 381 g/mol. The molecule has 3 N–H and O–H groups in total. The molecule has 0 heterocycles. The van der Waals surface area contributed by atoms with Crippen LogP contribution in [0.4, 0.5) is 0 Å². The Morgan fingerprint density at radius 2 is 2.00 bits per heavy atom. The summed E-state index contributed by atoms with van der Waals surface area (Å²) in [6, 6.07) is 4.97. The van der Waals surface area contributed by atoms with Crippen molar-refractivity contribution >= 4 is 43.7 Å². The number of carbonyl (C=O) groups excluding carboxylic acids is 1. The van der Waals surface area contributed by atoms with Crippen LogP contribution in [0, 0.1) is 0 Å². The van der Waals surface area contributed by atoms with Crippen LogP contribution in [0.2, 0.25) is 0 Å². The van der Waals surface area contributed by atoms with Gasteiger partial charge < -0.3 is 15.5 Å². The van der Waals surface area contributed by atoms with Gasteiger partial charge >= 0.3 is 5.97 Å². The largest absolute Gasteiger partial charge is 0.479 e. The highest BCUT2D eigenvalue weighted by molar-refractivity contribution is 9.11. The van der Waals surface area contributed by atoms with Crippen LogP contribution in [-0.2, 0) is 4.79 Å². The molecular formula is C11H11Br2NO4. The minimum absolute atomic E-state index is 0.361. The van der Waals surface area contributed by atoms with E-state index in [4.69, 9.17) is 5.11 Å². The normalized spacial score (nSPS) is 13.8. The van der Waals surface area contributed by atoms with E-state index >= 15 is 0 Å². The van der Waals surface area contributed by atoms with Gasteiger partial charge in [0.05, 0.1) is 12.1 Å². The van der Waals surface area contributed by atoms with E-state index in [1.54, 1.807) is 18.2 Å². The highest BCUT2D eigenvalue weighted by Crippen LogP contribution is 2.21. The summed E-state index contributed by atoms with van der Waals surface area (Å²) in [6.45, 7) is 0.746. The Morgan fingerprint density at radius 1 is 1.39 bits per heavy atom. The van der Waals surface area contributed by atoms with Gasteiger partial charge in [0, 0.05) is 8.95 Å². The van der Waals surface area contributed by atoms with Gasteiger partial charge in [-0.05, 0) is 41.1 Å². The smallest absolute Gasteiger partial charge is 0.337 e. The van der Waals surface area contributed by atoms with Crippen LogP contribution in [0.5, 0.6) is 0 Å². The van der Waals surface area contributed by atoms with Gasteiger partial charge in [-0.25, -0.2) is 4.79 Å². The molecule has 0 aliphatic carbocycles. The number of carboxylic acid groups (broad SMARTS) is 1. The fraction of sp³-hybridized carbons (Fsp3) is 0.273. The van der Waals surface area contributed by atoms with Crippen LogP contribution in [0.15, 0.2) is 27.1 Å². The molecule has 1 aromatic rings. The van der Waals surface area contributed by atoms with Crippen LogP contribution in [0.3, 0.4) is 0 Å². The maximum absolute atomic E-state index is 11.8. The Balaban J connectivity index is 2.75. The number of aliphatic carboxylic acids is 1. The van der Waals surface area contributed by atoms with E-state index in [9.17, 15) is 14.7 Å². The summed E-state index contributed by atoms with van der Waals surface area (Å²) in [5, 5.41) is 20.5. The number of halogens is 2. The molecule has 0 aliphatic heterocycles. The quantitative estimate of drug-likeness (QED) is 0.743. The Morgan fingerprint density at radius 3 is 2.50 bits per heavy atom. The zero-order valence-corrected chi connectivity index (χ0v) is 12.6. The molecule has 0 aromatic heterocycles. The van der Waals surface area contributed by atoms with Gasteiger partial charge in [-0.1, -0.05) is 15.9 Å². The van der Waals surface area contributed by atoms with Gasteiger partial charge in [0.1, 0.15) is 0 Å². The number of amides is 1. The van der Waals surface area contributed by atoms with Gasteiger partial charge in [-0.2, -0.15) is 0 Å². The zero-order chi connectivity index (χ0) is 13.9. The highest BCUT2D eigenvalue weighted by atomic mass is 79.9. The van der Waals surface area contributed by atoms with Crippen molar-refractivity contribution in [2.75, 3.05) is 6.54 Å². The van der Waals surface area contributed by atoms with Crippen molar-refractivity contribution in [3.63, 3.8) is 0 Å². The predicted molar refractivity (Wildman–Crippen MR) is 72.4 cm³/mol. The van der Waals surface area contributed by atoms with E-state index in [-0.39, 0.29) is 6.54 Å². The van der Waals surface area contributed by atoms with Crippen molar-refractivity contribution < 1.29 is 19.8 Å². The van der Waals surface area contributed by atoms with Gasteiger partial charge in [-0.3, -0.25) is 4.79 Å². The molecule has 1 amide bonds. The number of aliphatic hydroxyl groups is 1. The molecule has 1 atom stereocenters. The van der Waals surface area contributed by atoms with Crippen molar-refractivity contribution in [3.05, 3.63) is 32.7 Å². The summed E-state index contributed by atoms with van der Waals surface area (Å²) in [7, 11) is 0. The number of nitrogens with one attached hydrogen (secondary N) is 1. The van der Waals surface area contributed by atoms with Gasteiger partial charge in [0.25, 0.3) is 5.91 Å². The molecule has 5 nitrogen and oxygen atoms in total. The number of benzene rings is 1. The first-order valence-corrected chi connectivity index (χ1v) is 6.51. The molecule has 0 spiro atoms. The third-order valence-electron chi connectivity index (χ3n) is 2.23. The third-order valence-corrected chi connectivity index (χ3v) is 3.38. The van der Waals surface area contributed by atoms with Crippen LogP contribution in [0.1, 0.15) is 17.3 Å². The molecule has 1 rings (SSSR count).